The highest BCUT2D eigenvalue weighted by Crippen LogP contribution is 2.25. The number of nitrogens with one attached hydrogen (secondary N) is 1. The van der Waals surface area contributed by atoms with Crippen LogP contribution in [0.2, 0.25) is 0 Å². The summed E-state index contributed by atoms with van der Waals surface area (Å²) >= 11 is 4.24. The Morgan fingerprint density at radius 3 is 2.55 bits per heavy atom. The SMILES string of the molecule is NNS(=O)(=O)c1ccc(Br)s1. The van der Waals surface area contributed by atoms with E-state index in [1.54, 1.807) is 10.9 Å². The van der Waals surface area contributed by atoms with Gasteiger partial charge in [-0.15, -0.1) is 16.2 Å². The Labute approximate surface area is 76.6 Å². The van der Waals surface area contributed by atoms with Crippen LogP contribution in [0.1, 0.15) is 0 Å². The maximum Gasteiger partial charge on any atom is 0.262 e. The van der Waals surface area contributed by atoms with E-state index in [-0.39, 0.29) is 4.21 Å². The van der Waals surface area contributed by atoms with Crippen molar-refractivity contribution in [1.29, 1.82) is 0 Å². The number of thiophene rings is 1. The first kappa shape index (κ1) is 9.14. The van der Waals surface area contributed by atoms with Crippen molar-refractivity contribution in [3.63, 3.8) is 0 Å². The van der Waals surface area contributed by atoms with Crippen LogP contribution in [-0.2, 0) is 10.0 Å². The zero-order valence-electron chi connectivity index (χ0n) is 5.24. The van der Waals surface area contributed by atoms with Crippen LogP contribution in [0.5, 0.6) is 0 Å². The fourth-order valence-electron chi connectivity index (χ4n) is 0.500. The van der Waals surface area contributed by atoms with Gasteiger partial charge in [-0.2, -0.15) is 0 Å². The molecule has 1 aromatic rings. The second-order valence-corrected chi connectivity index (χ2v) is 6.08. The summed E-state index contributed by atoms with van der Waals surface area (Å²) < 4.78 is 22.9. The lowest BCUT2D eigenvalue weighted by molar-refractivity contribution is 0.586. The molecule has 11 heavy (non-hydrogen) atoms. The Hall–Kier alpha value is 0.0500. The van der Waals surface area contributed by atoms with Gasteiger partial charge in [0.2, 0.25) is 0 Å². The lowest BCUT2D eigenvalue weighted by Gasteiger charge is -1.94. The van der Waals surface area contributed by atoms with Crippen molar-refractivity contribution in [2.45, 2.75) is 4.21 Å². The highest BCUT2D eigenvalue weighted by Gasteiger charge is 2.13. The molecule has 0 aliphatic carbocycles. The molecule has 0 aliphatic rings. The predicted octanol–water partition coefficient (Wildman–Crippen LogP) is 0.663. The molecule has 0 atom stereocenters. The Morgan fingerprint density at radius 2 is 2.18 bits per heavy atom. The number of rotatable bonds is 2. The molecule has 0 amide bonds. The maximum atomic E-state index is 11.0. The van der Waals surface area contributed by atoms with E-state index in [4.69, 9.17) is 5.84 Å². The van der Waals surface area contributed by atoms with Gasteiger partial charge in [-0.25, -0.2) is 8.42 Å². The van der Waals surface area contributed by atoms with Gasteiger partial charge >= 0.3 is 0 Å². The number of nitrogens with two attached hydrogens (primary N) is 1. The molecular weight excluding hydrogens is 252 g/mol. The summed E-state index contributed by atoms with van der Waals surface area (Å²) in [6.07, 6.45) is 0. The van der Waals surface area contributed by atoms with Crippen molar-refractivity contribution in [1.82, 2.24) is 4.83 Å². The molecule has 1 aromatic heterocycles. The molecule has 1 rings (SSSR count). The van der Waals surface area contributed by atoms with Gasteiger partial charge in [0, 0.05) is 0 Å². The van der Waals surface area contributed by atoms with Crippen molar-refractivity contribution >= 4 is 37.3 Å². The van der Waals surface area contributed by atoms with E-state index >= 15 is 0 Å². The van der Waals surface area contributed by atoms with Gasteiger partial charge < -0.3 is 0 Å². The van der Waals surface area contributed by atoms with E-state index in [0.29, 0.717) is 0 Å². The summed E-state index contributed by atoms with van der Waals surface area (Å²) in [5.41, 5.74) is 0. The van der Waals surface area contributed by atoms with E-state index in [9.17, 15) is 8.42 Å². The lowest BCUT2D eigenvalue weighted by Crippen LogP contribution is -2.29. The Bertz CT molecular complexity index is 345. The van der Waals surface area contributed by atoms with Crippen LogP contribution in [-0.4, -0.2) is 8.42 Å². The Kier molecular flexibility index (Phi) is 2.66. The second kappa shape index (κ2) is 3.20. The first-order valence-electron chi connectivity index (χ1n) is 2.54. The highest BCUT2D eigenvalue weighted by atomic mass is 79.9. The van der Waals surface area contributed by atoms with Crippen LogP contribution >= 0.6 is 27.3 Å². The fraction of sp³-hybridized carbons (Fsp3) is 0. The Balaban J connectivity index is 3.13. The first-order chi connectivity index (χ1) is 5.06. The summed E-state index contributed by atoms with van der Waals surface area (Å²) in [4.78, 5) is 1.73. The van der Waals surface area contributed by atoms with Gasteiger partial charge in [-0.1, -0.05) is 0 Å². The van der Waals surface area contributed by atoms with Crippen LogP contribution < -0.4 is 10.7 Å². The third-order valence-corrected chi connectivity index (χ3v) is 4.27. The van der Waals surface area contributed by atoms with Gasteiger partial charge in [-0.05, 0) is 28.1 Å². The zero-order valence-corrected chi connectivity index (χ0v) is 8.46. The summed E-state index contributed by atoms with van der Waals surface area (Å²) in [5.74, 6) is 4.80. The number of hydrogen-bond acceptors (Lipinski definition) is 4. The number of halogens is 1. The van der Waals surface area contributed by atoms with Crippen LogP contribution in [0.4, 0.5) is 0 Å². The van der Waals surface area contributed by atoms with Crippen molar-refractivity contribution in [2.75, 3.05) is 0 Å². The van der Waals surface area contributed by atoms with Crippen molar-refractivity contribution in [3.05, 3.63) is 15.9 Å². The van der Waals surface area contributed by atoms with Crippen LogP contribution in [0.15, 0.2) is 20.1 Å². The quantitative estimate of drug-likeness (QED) is 0.604. The lowest BCUT2D eigenvalue weighted by atomic mass is 10.7. The summed E-state index contributed by atoms with van der Waals surface area (Å²) in [7, 11) is -3.46. The Morgan fingerprint density at radius 1 is 1.55 bits per heavy atom. The average Bonchev–Trinajstić information content (AvgIpc) is 2.36. The van der Waals surface area contributed by atoms with Crippen LogP contribution in [0, 0.1) is 0 Å². The summed E-state index contributed by atoms with van der Waals surface area (Å²) in [6.45, 7) is 0. The molecule has 7 heteroatoms. The molecule has 0 radical (unpaired) electrons. The topological polar surface area (TPSA) is 72.2 Å². The molecule has 0 saturated heterocycles. The van der Waals surface area contributed by atoms with Crippen molar-refractivity contribution in [2.24, 2.45) is 5.84 Å². The molecule has 0 spiro atoms. The summed E-state index contributed by atoms with van der Waals surface area (Å²) in [6, 6.07) is 3.12. The van der Waals surface area contributed by atoms with Crippen molar-refractivity contribution < 1.29 is 8.42 Å². The molecule has 0 bridgehead atoms. The van der Waals surface area contributed by atoms with Crippen LogP contribution in [0.25, 0.3) is 0 Å². The average molecular weight is 257 g/mol. The largest absolute Gasteiger partial charge is 0.262 e. The van der Waals surface area contributed by atoms with E-state index in [1.165, 1.54) is 6.07 Å². The molecule has 4 nitrogen and oxygen atoms in total. The van der Waals surface area contributed by atoms with Crippen LogP contribution in [0.3, 0.4) is 0 Å². The minimum absolute atomic E-state index is 0.201. The first-order valence-corrected chi connectivity index (χ1v) is 5.63. The monoisotopic (exact) mass is 256 g/mol. The van der Waals surface area contributed by atoms with E-state index in [2.05, 4.69) is 15.9 Å². The third kappa shape index (κ3) is 2.00. The fourth-order valence-corrected chi connectivity index (χ4v) is 3.16. The van der Waals surface area contributed by atoms with Gasteiger partial charge in [0.1, 0.15) is 4.21 Å². The zero-order chi connectivity index (χ0) is 8.48. The second-order valence-electron chi connectivity index (χ2n) is 1.68. The molecule has 1 heterocycles. The van der Waals surface area contributed by atoms with Crippen molar-refractivity contribution in [3.8, 4) is 0 Å². The number of sulfonamides is 1. The predicted molar refractivity (Wildman–Crippen MR) is 46.5 cm³/mol. The molecule has 0 saturated carbocycles. The normalized spacial score (nSPS) is 11.8. The smallest absolute Gasteiger partial charge is 0.257 e. The molecule has 3 N–H and O–H groups in total. The molecule has 62 valence electrons. The maximum absolute atomic E-state index is 11.0. The molecule has 0 unspecified atom stereocenters. The van der Waals surface area contributed by atoms with E-state index in [1.807, 2.05) is 0 Å². The summed E-state index contributed by atoms with van der Waals surface area (Å²) in [5, 5.41) is 0. The number of hydrazine groups is 1. The molecule has 0 aromatic carbocycles. The van der Waals surface area contributed by atoms with Gasteiger partial charge in [-0.3, -0.25) is 5.84 Å². The molecule has 0 fully saturated rings. The molecular formula is C4H5BrN2O2S2. The van der Waals surface area contributed by atoms with Gasteiger partial charge in [0.25, 0.3) is 10.0 Å². The standard InChI is InChI=1S/C4H5BrN2O2S2/c5-3-1-2-4(10-3)11(8,9)7-6/h1-2,7H,6H2. The van der Waals surface area contributed by atoms with Gasteiger partial charge in [0.05, 0.1) is 3.79 Å². The van der Waals surface area contributed by atoms with E-state index < -0.39 is 10.0 Å². The highest BCUT2D eigenvalue weighted by molar-refractivity contribution is 9.11. The molecule has 0 aliphatic heterocycles. The third-order valence-electron chi connectivity index (χ3n) is 0.969. The minimum atomic E-state index is -3.46. The number of hydrogen-bond donors (Lipinski definition) is 2. The minimum Gasteiger partial charge on any atom is -0.257 e. The van der Waals surface area contributed by atoms with E-state index in [0.717, 1.165) is 15.1 Å². The van der Waals surface area contributed by atoms with Gasteiger partial charge in [0.15, 0.2) is 0 Å².